The fraction of sp³-hybridized carbons (Fsp3) is 0.333. The summed E-state index contributed by atoms with van der Waals surface area (Å²) in [5.41, 5.74) is 0.576. The van der Waals surface area contributed by atoms with Crippen LogP contribution >= 0.6 is 15.9 Å². The number of nitriles is 1. The number of halogens is 1. The molecular weight excluding hydrogens is 278 g/mol. The molecule has 0 aliphatic heterocycles. The van der Waals surface area contributed by atoms with Gasteiger partial charge in [-0.25, -0.2) is 0 Å². The Morgan fingerprint density at radius 2 is 2.25 bits per heavy atom. The minimum absolute atomic E-state index is 0.127. The highest BCUT2D eigenvalue weighted by atomic mass is 79.9. The van der Waals surface area contributed by atoms with Crippen LogP contribution in [-0.4, -0.2) is 23.0 Å². The molecule has 1 rings (SSSR count). The Morgan fingerprint density at radius 1 is 1.56 bits per heavy atom. The third-order valence-corrected chi connectivity index (χ3v) is 2.50. The molecule has 0 aliphatic rings. The Kier molecular flexibility index (Phi) is 4.19. The molecule has 6 nitrogen and oxygen atoms in total. The molecule has 0 spiro atoms. The van der Waals surface area contributed by atoms with Gasteiger partial charge in [0.2, 0.25) is 5.88 Å². The molecule has 84 valence electrons. The maximum atomic E-state index is 11.0. The number of carbonyl (C=O) groups is 1. The third kappa shape index (κ3) is 2.90. The average molecular weight is 286 g/mol. The third-order valence-electron chi connectivity index (χ3n) is 1.59. The largest absolute Gasteiger partial charge is 0.480 e. The zero-order valence-electron chi connectivity index (χ0n) is 8.65. The highest BCUT2D eigenvalue weighted by Crippen LogP contribution is 2.26. The number of hydrogen-bond donors (Lipinski definition) is 0. The second-order valence-corrected chi connectivity index (χ2v) is 3.52. The van der Waals surface area contributed by atoms with Gasteiger partial charge in [-0.2, -0.15) is 15.2 Å². The number of hydrogen-bond acceptors (Lipinski definition) is 6. The van der Waals surface area contributed by atoms with Crippen LogP contribution < -0.4 is 9.47 Å². The first kappa shape index (κ1) is 12.4. The van der Waals surface area contributed by atoms with Crippen LogP contribution in [0.4, 0.5) is 0 Å². The van der Waals surface area contributed by atoms with E-state index in [1.54, 1.807) is 13.0 Å². The van der Waals surface area contributed by atoms with E-state index in [4.69, 9.17) is 14.7 Å². The molecular formula is C9H8BrN3O3. The highest BCUT2D eigenvalue weighted by Gasteiger charge is 2.13. The number of carbonyl (C=O) groups excluding carboxylic acids is 1. The van der Waals surface area contributed by atoms with Gasteiger partial charge in [0.15, 0.2) is 0 Å². The summed E-state index contributed by atoms with van der Waals surface area (Å²) in [6, 6.07) is 1.54. The van der Waals surface area contributed by atoms with E-state index in [0.717, 1.165) is 0 Å². The van der Waals surface area contributed by atoms with Crippen molar-refractivity contribution in [2.75, 3.05) is 7.11 Å². The summed E-state index contributed by atoms with van der Waals surface area (Å²) in [7, 11) is 1.44. The molecule has 0 saturated heterocycles. The van der Waals surface area contributed by atoms with E-state index in [-0.39, 0.29) is 18.3 Å². The fourth-order valence-corrected chi connectivity index (χ4v) is 1.23. The molecule has 1 aromatic heterocycles. The van der Waals surface area contributed by atoms with Gasteiger partial charge in [-0.1, -0.05) is 0 Å². The second kappa shape index (κ2) is 5.42. The van der Waals surface area contributed by atoms with Crippen LogP contribution in [0.1, 0.15) is 12.1 Å². The van der Waals surface area contributed by atoms with Crippen molar-refractivity contribution in [3.63, 3.8) is 0 Å². The molecule has 16 heavy (non-hydrogen) atoms. The van der Waals surface area contributed by atoms with Gasteiger partial charge in [-0.05, 0) is 22.9 Å². The monoisotopic (exact) mass is 285 g/mol. The quantitative estimate of drug-likeness (QED) is 0.780. The number of esters is 1. The van der Waals surface area contributed by atoms with Crippen LogP contribution in [0.25, 0.3) is 0 Å². The van der Waals surface area contributed by atoms with Crippen molar-refractivity contribution in [2.45, 2.75) is 13.3 Å². The van der Waals surface area contributed by atoms with Crippen molar-refractivity contribution in [2.24, 2.45) is 0 Å². The van der Waals surface area contributed by atoms with Gasteiger partial charge in [0.25, 0.3) is 0 Å². The van der Waals surface area contributed by atoms with Crippen molar-refractivity contribution in [3.8, 4) is 18.0 Å². The van der Waals surface area contributed by atoms with Crippen LogP contribution in [0.5, 0.6) is 11.9 Å². The molecule has 1 aromatic rings. The molecule has 7 heteroatoms. The van der Waals surface area contributed by atoms with E-state index >= 15 is 0 Å². The molecule has 0 fully saturated rings. The molecule has 0 amide bonds. The predicted octanol–water partition coefficient (Wildman–Crippen LogP) is 1.38. The zero-order chi connectivity index (χ0) is 12.1. The molecule has 1 heterocycles. The van der Waals surface area contributed by atoms with Crippen molar-refractivity contribution in [1.82, 2.24) is 9.97 Å². The molecule has 0 N–H and O–H groups in total. The lowest BCUT2D eigenvalue weighted by Crippen LogP contribution is -2.10. The summed E-state index contributed by atoms with van der Waals surface area (Å²) in [5, 5.41) is 8.29. The topological polar surface area (TPSA) is 85.1 Å². The second-order valence-electron chi connectivity index (χ2n) is 2.72. The summed E-state index contributed by atoms with van der Waals surface area (Å²) in [6.45, 7) is 1.70. The van der Waals surface area contributed by atoms with E-state index in [1.807, 2.05) is 0 Å². The van der Waals surface area contributed by atoms with Crippen LogP contribution in [0.2, 0.25) is 0 Å². The average Bonchev–Trinajstić information content (AvgIpc) is 2.23. The SMILES string of the molecule is COc1nc(OC(=O)CC#N)nc(C)c1Br. The Bertz CT molecular complexity index is 456. The maximum absolute atomic E-state index is 11.0. The molecule has 0 aliphatic carbocycles. The Balaban J connectivity index is 2.95. The van der Waals surface area contributed by atoms with Gasteiger partial charge in [0.05, 0.1) is 18.9 Å². The van der Waals surface area contributed by atoms with E-state index in [0.29, 0.717) is 10.2 Å². The molecule has 0 saturated carbocycles. The van der Waals surface area contributed by atoms with E-state index in [1.165, 1.54) is 7.11 Å². The standard InChI is InChI=1S/C9H8BrN3O3/c1-5-7(10)8(15-2)13-9(12-5)16-6(14)3-4-11/h3H2,1-2H3. The number of methoxy groups -OCH3 is 1. The van der Waals surface area contributed by atoms with E-state index in [9.17, 15) is 4.79 Å². The summed E-state index contributed by atoms with van der Waals surface area (Å²) >= 11 is 3.23. The normalized spacial score (nSPS) is 9.38. The molecule has 0 radical (unpaired) electrons. The highest BCUT2D eigenvalue weighted by molar-refractivity contribution is 9.10. The number of aryl methyl sites for hydroxylation is 1. The van der Waals surface area contributed by atoms with Crippen LogP contribution in [-0.2, 0) is 4.79 Å². The lowest BCUT2D eigenvalue weighted by Gasteiger charge is -2.06. The molecule has 0 bridgehead atoms. The molecule has 0 aromatic carbocycles. The first-order valence-electron chi connectivity index (χ1n) is 4.24. The minimum atomic E-state index is -0.703. The van der Waals surface area contributed by atoms with Gasteiger partial charge in [-0.15, -0.1) is 0 Å². The first-order chi connectivity index (χ1) is 7.58. The minimum Gasteiger partial charge on any atom is -0.480 e. The number of aromatic nitrogens is 2. The predicted molar refractivity (Wildman–Crippen MR) is 56.9 cm³/mol. The van der Waals surface area contributed by atoms with Gasteiger partial charge in [0, 0.05) is 0 Å². The summed E-state index contributed by atoms with van der Waals surface area (Å²) in [4.78, 5) is 18.8. The van der Waals surface area contributed by atoms with Crippen molar-refractivity contribution in [1.29, 1.82) is 5.26 Å². The number of rotatable bonds is 3. The van der Waals surface area contributed by atoms with E-state index < -0.39 is 5.97 Å². The van der Waals surface area contributed by atoms with Gasteiger partial charge >= 0.3 is 12.0 Å². The molecule has 0 atom stereocenters. The Hall–Kier alpha value is -1.68. The summed E-state index contributed by atoms with van der Waals surface area (Å²) in [6.07, 6.45) is -0.346. The number of nitrogens with zero attached hydrogens (tertiary/aromatic N) is 3. The van der Waals surface area contributed by atoms with Crippen molar-refractivity contribution in [3.05, 3.63) is 10.2 Å². The van der Waals surface area contributed by atoms with Gasteiger partial charge < -0.3 is 9.47 Å². The Labute approximate surface area is 100 Å². The van der Waals surface area contributed by atoms with E-state index in [2.05, 4.69) is 25.9 Å². The number of ether oxygens (including phenoxy) is 2. The van der Waals surface area contributed by atoms with Crippen LogP contribution in [0.15, 0.2) is 4.47 Å². The summed E-state index contributed by atoms with van der Waals surface area (Å²) < 4.78 is 10.3. The van der Waals surface area contributed by atoms with Crippen LogP contribution in [0.3, 0.4) is 0 Å². The Morgan fingerprint density at radius 3 is 2.81 bits per heavy atom. The first-order valence-corrected chi connectivity index (χ1v) is 5.03. The van der Waals surface area contributed by atoms with Crippen molar-refractivity contribution < 1.29 is 14.3 Å². The molecule has 0 unspecified atom stereocenters. The summed E-state index contributed by atoms with van der Waals surface area (Å²) in [5.74, 6) is -0.432. The zero-order valence-corrected chi connectivity index (χ0v) is 10.2. The lowest BCUT2D eigenvalue weighted by molar-refractivity contribution is -0.133. The van der Waals surface area contributed by atoms with Crippen molar-refractivity contribution >= 4 is 21.9 Å². The van der Waals surface area contributed by atoms with Gasteiger partial charge in [0.1, 0.15) is 10.9 Å². The lowest BCUT2D eigenvalue weighted by atomic mass is 10.4. The maximum Gasteiger partial charge on any atom is 0.327 e. The van der Waals surface area contributed by atoms with Crippen LogP contribution in [0, 0.1) is 18.3 Å². The van der Waals surface area contributed by atoms with Gasteiger partial charge in [-0.3, -0.25) is 4.79 Å². The smallest absolute Gasteiger partial charge is 0.327 e. The fourth-order valence-electron chi connectivity index (χ4n) is 0.892.